The summed E-state index contributed by atoms with van der Waals surface area (Å²) in [5.41, 5.74) is 6.34. The molecule has 0 amide bonds. The second-order valence-electron chi connectivity index (χ2n) is 4.62. The van der Waals surface area contributed by atoms with Gasteiger partial charge in [-0.25, -0.2) is 13.2 Å². The zero-order valence-corrected chi connectivity index (χ0v) is 11.5. The zero-order valence-electron chi connectivity index (χ0n) is 10.8. The minimum Gasteiger partial charge on any atom is -0.324 e. The number of hydrogen-bond acceptors (Lipinski definition) is 1. The maximum Gasteiger partial charge on any atom is 0.163 e. The molecule has 5 heteroatoms. The summed E-state index contributed by atoms with van der Waals surface area (Å²) in [6, 6.07) is 6.53. The molecule has 0 bridgehead atoms. The first-order valence-electron chi connectivity index (χ1n) is 6.04. The lowest BCUT2D eigenvalue weighted by atomic mass is 9.97. The second-order valence-corrected chi connectivity index (χ2v) is 5.03. The minimum atomic E-state index is -0.986. The SMILES string of the molecule is Cc1ccc(C(N)Cc2cccc(Cl)c2F)c(F)c1F. The first-order chi connectivity index (χ1) is 9.41. The molecule has 0 saturated carbocycles. The van der Waals surface area contributed by atoms with Crippen molar-refractivity contribution in [3.63, 3.8) is 0 Å². The molecule has 2 aromatic carbocycles. The van der Waals surface area contributed by atoms with E-state index < -0.39 is 23.5 Å². The van der Waals surface area contributed by atoms with Crippen molar-refractivity contribution in [3.05, 3.63) is 69.5 Å². The van der Waals surface area contributed by atoms with Gasteiger partial charge in [0.15, 0.2) is 11.6 Å². The van der Waals surface area contributed by atoms with Crippen molar-refractivity contribution >= 4 is 11.6 Å². The molecule has 0 saturated heterocycles. The third-order valence-corrected chi connectivity index (χ3v) is 3.47. The van der Waals surface area contributed by atoms with Gasteiger partial charge in [0, 0.05) is 11.6 Å². The van der Waals surface area contributed by atoms with Crippen LogP contribution in [0.25, 0.3) is 0 Å². The van der Waals surface area contributed by atoms with Gasteiger partial charge in [0.2, 0.25) is 0 Å². The van der Waals surface area contributed by atoms with Crippen molar-refractivity contribution in [2.75, 3.05) is 0 Å². The van der Waals surface area contributed by atoms with E-state index in [9.17, 15) is 13.2 Å². The van der Waals surface area contributed by atoms with E-state index in [4.69, 9.17) is 17.3 Å². The molecule has 0 aliphatic carbocycles. The molecular formula is C15H13ClF3N. The predicted molar refractivity (Wildman–Crippen MR) is 73.1 cm³/mol. The molecule has 0 fully saturated rings. The van der Waals surface area contributed by atoms with Crippen LogP contribution in [-0.2, 0) is 6.42 Å². The van der Waals surface area contributed by atoms with Gasteiger partial charge in [-0.2, -0.15) is 0 Å². The molecule has 0 spiro atoms. The van der Waals surface area contributed by atoms with E-state index in [0.29, 0.717) is 0 Å². The fourth-order valence-electron chi connectivity index (χ4n) is 2.00. The van der Waals surface area contributed by atoms with E-state index in [1.54, 1.807) is 6.07 Å². The Morgan fingerprint density at radius 1 is 1.05 bits per heavy atom. The third kappa shape index (κ3) is 2.81. The second kappa shape index (κ2) is 5.85. The van der Waals surface area contributed by atoms with Crippen LogP contribution in [0.1, 0.15) is 22.7 Å². The summed E-state index contributed by atoms with van der Waals surface area (Å²) >= 11 is 5.67. The van der Waals surface area contributed by atoms with Gasteiger partial charge in [0.25, 0.3) is 0 Å². The standard InChI is InChI=1S/C15H13ClF3N/c1-8-5-6-10(15(19)13(8)17)12(20)7-9-3-2-4-11(16)14(9)18/h2-6,12H,7,20H2,1H3. The van der Waals surface area contributed by atoms with Crippen LogP contribution < -0.4 is 5.73 Å². The molecule has 1 nitrogen and oxygen atoms in total. The number of rotatable bonds is 3. The van der Waals surface area contributed by atoms with Gasteiger partial charge in [-0.3, -0.25) is 0 Å². The highest BCUT2D eigenvalue weighted by molar-refractivity contribution is 6.30. The van der Waals surface area contributed by atoms with E-state index in [1.807, 2.05) is 0 Å². The molecule has 2 N–H and O–H groups in total. The zero-order chi connectivity index (χ0) is 14.9. The largest absolute Gasteiger partial charge is 0.324 e. The first kappa shape index (κ1) is 14.9. The van der Waals surface area contributed by atoms with Crippen LogP contribution >= 0.6 is 11.6 Å². The highest BCUT2D eigenvalue weighted by Gasteiger charge is 2.18. The summed E-state index contributed by atoms with van der Waals surface area (Å²) in [6.07, 6.45) is 0.0335. The average molecular weight is 300 g/mol. The lowest BCUT2D eigenvalue weighted by Gasteiger charge is -2.15. The Morgan fingerprint density at radius 2 is 1.75 bits per heavy atom. The average Bonchev–Trinajstić information content (AvgIpc) is 2.41. The minimum absolute atomic E-state index is 0.0208. The highest BCUT2D eigenvalue weighted by Crippen LogP contribution is 2.25. The maximum atomic E-state index is 13.8. The Kier molecular flexibility index (Phi) is 4.35. The molecule has 0 aliphatic rings. The number of hydrogen-bond donors (Lipinski definition) is 1. The summed E-state index contributed by atoms with van der Waals surface area (Å²) in [5.74, 6) is -2.50. The molecule has 2 rings (SSSR count). The molecule has 0 heterocycles. The van der Waals surface area contributed by atoms with Gasteiger partial charge < -0.3 is 5.73 Å². The van der Waals surface area contributed by atoms with E-state index in [-0.39, 0.29) is 28.1 Å². The van der Waals surface area contributed by atoms with Crippen LogP contribution in [0.2, 0.25) is 5.02 Å². The van der Waals surface area contributed by atoms with Crippen LogP contribution in [0, 0.1) is 24.4 Å². The van der Waals surface area contributed by atoms with Crippen molar-refractivity contribution in [2.24, 2.45) is 5.73 Å². The van der Waals surface area contributed by atoms with E-state index in [0.717, 1.165) is 0 Å². The molecule has 106 valence electrons. The normalized spacial score (nSPS) is 12.5. The number of benzene rings is 2. The quantitative estimate of drug-likeness (QED) is 0.898. The van der Waals surface area contributed by atoms with Crippen molar-refractivity contribution in [1.82, 2.24) is 0 Å². The first-order valence-corrected chi connectivity index (χ1v) is 6.42. The van der Waals surface area contributed by atoms with Crippen LogP contribution in [0.3, 0.4) is 0 Å². The Morgan fingerprint density at radius 3 is 2.45 bits per heavy atom. The smallest absolute Gasteiger partial charge is 0.163 e. The summed E-state index contributed by atoms with van der Waals surface area (Å²) in [7, 11) is 0. The number of aryl methyl sites for hydroxylation is 1. The molecule has 2 aromatic rings. The van der Waals surface area contributed by atoms with Gasteiger partial charge in [-0.15, -0.1) is 0 Å². The van der Waals surface area contributed by atoms with Crippen LogP contribution in [0.5, 0.6) is 0 Å². The van der Waals surface area contributed by atoms with Crippen LogP contribution in [0.15, 0.2) is 30.3 Å². The highest BCUT2D eigenvalue weighted by atomic mass is 35.5. The van der Waals surface area contributed by atoms with Gasteiger partial charge in [0.1, 0.15) is 5.82 Å². The summed E-state index contributed by atoms with van der Waals surface area (Å²) in [6.45, 7) is 1.46. The van der Waals surface area contributed by atoms with Crippen LogP contribution in [0.4, 0.5) is 13.2 Å². The fourth-order valence-corrected chi connectivity index (χ4v) is 2.19. The van der Waals surface area contributed by atoms with Crippen molar-refractivity contribution < 1.29 is 13.2 Å². The third-order valence-electron chi connectivity index (χ3n) is 3.18. The maximum absolute atomic E-state index is 13.8. The predicted octanol–water partition coefficient (Wildman–Crippen LogP) is 4.31. The molecule has 0 aliphatic heterocycles. The van der Waals surface area contributed by atoms with E-state index in [1.165, 1.54) is 31.2 Å². The van der Waals surface area contributed by atoms with Crippen LogP contribution in [-0.4, -0.2) is 0 Å². The van der Waals surface area contributed by atoms with Gasteiger partial charge in [-0.05, 0) is 30.5 Å². The van der Waals surface area contributed by atoms with Gasteiger partial charge >= 0.3 is 0 Å². The summed E-state index contributed by atoms with van der Waals surface area (Å²) in [5, 5.41) is -0.0229. The molecular weight excluding hydrogens is 287 g/mol. The fraction of sp³-hybridized carbons (Fsp3) is 0.200. The lowest BCUT2D eigenvalue weighted by Crippen LogP contribution is -2.17. The monoisotopic (exact) mass is 299 g/mol. The number of nitrogens with two attached hydrogens (primary N) is 1. The molecule has 20 heavy (non-hydrogen) atoms. The summed E-state index contributed by atoms with van der Waals surface area (Å²) < 4.78 is 41.1. The van der Waals surface area contributed by atoms with E-state index in [2.05, 4.69) is 0 Å². The van der Waals surface area contributed by atoms with Gasteiger partial charge in [-0.1, -0.05) is 35.9 Å². The van der Waals surface area contributed by atoms with Crippen molar-refractivity contribution in [2.45, 2.75) is 19.4 Å². The Hall–Kier alpha value is -1.52. The number of halogens is 4. The lowest BCUT2D eigenvalue weighted by molar-refractivity contribution is 0.481. The van der Waals surface area contributed by atoms with Gasteiger partial charge in [0.05, 0.1) is 5.02 Å². The molecule has 0 aromatic heterocycles. The Balaban J connectivity index is 2.31. The Bertz CT molecular complexity index is 643. The van der Waals surface area contributed by atoms with Crippen molar-refractivity contribution in [1.29, 1.82) is 0 Å². The van der Waals surface area contributed by atoms with E-state index >= 15 is 0 Å². The molecule has 0 radical (unpaired) electrons. The topological polar surface area (TPSA) is 26.0 Å². The Labute approximate surface area is 120 Å². The molecule has 1 atom stereocenters. The summed E-state index contributed by atoms with van der Waals surface area (Å²) in [4.78, 5) is 0. The van der Waals surface area contributed by atoms with Crippen molar-refractivity contribution in [3.8, 4) is 0 Å². The molecule has 1 unspecified atom stereocenters.